The number of carboxylic acids is 1. The van der Waals surface area contributed by atoms with Gasteiger partial charge in [-0.1, -0.05) is 43.5 Å². The van der Waals surface area contributed by atoms with Crippen molar-refractivity contribution in [3.63, 3.8) is 0 Å². The molecule has 1 aromatic carbocycles. The molecule has 2 rings (SSSR count). The zero-order valence-electron chi connectivity index (χ0n) is 10.7. The zero-order chi connectivity index (χ0) is 12.8. The third-order valence-corrected chi connectivity index (χ3v) is 3.58. The largest absolute Gasteiger partial charge is 0.481 e. The topological polar surface area (TPSA) is 49.3 Å². The van der Waals surface area contributed by atoms with E-state index in [4.69, 9.17) is 5.11 Å². The van der Waals surface area contributed by atoms with E-state index in [1.165, 1.54) is 37.7 Å². The van der Waals surface area contributed by atoms with Crippen LogP contribution < -0.4 is 5.32 Å². The average molecular weight is 247 g/mol. The summed E-state index contributed by atoms with van der Waals surface area (Å²) in [6.07, 6.45) is 6.75. The number of benzene rings is 1. The Kier molecular flexibility index (Phi) is 4.76. The second kappa shape index (κ2) is 6.55. The summed E-state index contributed by atoms with van der Waals surface area (Å²) in [5.41, 5.74) is 2.10. The van der Waals surface area contributed by atoms with Gasteiger partial charge in [0.2, 0.25) is 0 Å². The molecule has 1 saturated carbocycles. The molecule has 1 aliphatic carbocycles. The Labute approximate surface area is 108 Å². The van der Waals surface area contributed by atoms with Crippen LogP contribution in [0.5, 0.6) is 0 Å². The van der Waals surface area contributed by atoms with Crippen LogP contribution in [0.1, 0.15) is 43.2 Å². The van der Waals surface area contributed by atoms with Crippen molar-refractivity contribution in [1.29, 1.82) is 0 Å². The summed E-state index contributed by atoms with van der Waals surface area (Å²) < 4.78 is 0. The van der Waals surface area contributed by atoms with Crippen LogP contribution in [0.15, 0.2) is 24.3 Å². The quantitative estimate of drug-likeness (QED) is 0.841. The number of rotatable bonds is 5. The minimum atomic E-state index is -0.775. The van der Waals surface area contributed by atoms with Crippen molar-refractivity contribution in [3.05, 3.63) is 35.4 Å². The number of nitrogens with one attached hydrogen (secondary N) is 1. The van der Waals surface area contributed by atoms with Gasteiger partial charge in [0.25, 0.3) is 0 Å². The molecule has 0 aromatic heterocycles. The zero-order valence-corrected chi connectivity index (χ0v) is 10.7. The molecular weight excluding hydrogens is 226 g/mol. The minimum absolute atomic E-state index is 0.107. The van der Waals surface area contributed by atoms with Gasteiger partial charge in [-0.3, -0.25) is 4.79 Å². The average Bonchev–Trinajstić information content (AvgIpc) is 2.38. The summed E-state index contributed by atoms with van der Waals surface area (Å²) in [7, 11) is 0. The maximum absolute atomic E-state index is 10.6. The van der Waals surface area contributed by atoms with Gasteiger partial charge in [-0.2, -0.15) is 0 Å². The Balaban J connectivity index is 1.80. The van der Waals surface area contributed by atoms with Gasteiger partial charge in [0.05, 0.1) is 6.42 Å². The van der Waals surface area contributed by atoms with Crippen LogP contribution in [-0.2, 0) is 17.8 Å². The third kappa shape index (κ3) is 4.15. The van der Waals surface area contributed by atoms with Crippen molar-refractivity contribution >= 4 is 5.97 Å². The molecule has 3 heteroatoms. The lowest BCUT2D eigenvalue weighted by Gasteiger charge is -2.22. The highest BCUT2D eigenvalue weighted by Gasteiger charge is 2.12. The molecule has 2 N–H and O–H groups in total. The monoisotopic (exact) mass is 247 g/mol. The smallest absolute Gasteiger partial charge is 0.307 e. The van der Waals surface area contributed by atoms with Gasteiger partial charge in [0.15, 0.2) is 0 Å². The molecule has 0 radical (unpaired) electrons. The fourth-order valence-electron chi connectivity index (χ4n) is 2.52. The van der Waals surface area contributed by atoms with Crippen molar-refractivity contribution in [2.45, 2.75) is 51.1 Å². The molecule has 1 fully saturated rings. The number of carboxylic acid groups (broad SMARTS) is 1. The highest BCUT2D eigenvalue weighted by Crippen LogP contribution is 2.17. The highest BCUT2D eigenvalue weighted by molar-refractivity contribution is 5.70. The Hall–Kier alpha value is -1.35. The van der Waals surface area contributed by atoms with E-state index in [-0.39, 0.29) is 6.42 Å². The molecule has 0 aliphatic heterocycles. The lowest BCUT2D eigenvalue weighted by Crippen LogP contribution is -2.30. The molecule has 0 spiro atoms. The first-order valence-electron chi connectivity index (χ1n) is 6.77. The van der Waals surface area contributed by atoms with Crippen LogP contribution in [0, 0.1) is 0 Å². The first-order valence-corrected chi connectivity index (χ1v) is 6.77. The molecule has 0 unspecified atom stereocenters. The van der Waals surface area contributed by atoms with Crippen LogP contribution in [-0.4, -0.2) is 17.1 Å². The fraction of sp³-hybridized carbons (Fsp3) is 0.533. The molecule has 0 amide bonds. The van der Waals surface area contributed by atoms with E-state index in [0.29, 0.717) is 6.04 Å². The minimum Gasteiger partial charge on any atom is -0.481 e. The van der Waals surface area contributed by atoms with Crippen molar-refractivity contribution in [1.82, 2.24) is 5.32 Å². The summed E-state index contributed by atoms with van der Waals surface area (Å²) >= 11 is 0. The predicted molar refractivity (Wildman–Crippen MR) is 71.5 cm³/mol. The number of aliphatic carboxylic acids is 1. The number of hydrogen-bond acceptors (Lipinski definition) is 2. The van der Waals surface area contributed by atoms with Crippen LogP contribution >= 0.6 is 0 Å². The Morgan fingerprint density at radius 1 is 1.11 bits per heavy atom. The number of hydrogen-bond donors (Lipinski definition) is 2. The maximum Gasteiger partial charge on any atom is 0.307 e. The van der Waals surface area contributed by atoms with Gasteiger partial charge < -0.3 is 10.4 Å². The van der Waals surface area contributed by atoms with Gasteiger partial charge in [-0.15, -0.1) is 0 Å². The summed E-state index contributed by atoms with van der Waals surface area (Å²) in [6, 6.07) is 8.53. The molecule has 98 valence electrons. The van der Waals surface area contributed by atoms with Crippen LogP contribution in [0.3, 0.4) is 0 Å². The van der Waals surface area contributed by atoms with Gasteiger partial charge in [-0.05, 0) is 24.0 Å². The molecule has 1 aromatic rings. The van der Waals surface area contributed by atoms with E-state index in [1.54, 1.807) is 0 Å². The standard InChI is InChI=1S/C15H21NO2/c17-15(18)10-12-6-8-13(9-7-12)11-16-14-4-2-1-3-5-14/h6-9,14,16H,1-5,10-11H2,(H,17,18). The normalized spacial score (nSPS) is 16.7. The fourth-order valence-corrected chi connectivity index (χ4v) is 2.52. The lowest BCUT2D eigenvalue weighted by molar-refractivity contribution is -0.136. The molecule has 18 heavy (non-hydrogen) atoms. The van der Waals surface area contributed by atoms with Crippen molar-refractivity contribution in [2.24, 2.45) is 0 Å². The second-order valence-electron chi connectivity index (χ2n) is 5.10. The van der Waals surface area contributed by atoms with E-state index in [9.17, 15) is 4.79 Å². The molecular formula is C15H21NO2. The summed E-state index contributed by atoms with van der Waals surface area (Å²) in [5, 5.41) is 12.3. The summed E-state index contributed by atoms with van der Waals surface area (Å²) in [5.74, 6) is -0.775. The van der Waals surface area contributed by atoms with Gasteiger partial charge >= 0.3 is 5.97 Å². The van der Waals surface area contributed by atoms with Crippen molar-refractivity contribution < 1.29 is 9.90 Å². The SMILES string of the molecule is O=C(O)Cc1ccc(CNC2CCCCC2)cc1. The van der Waals surface area contributed by atoms with Crippen molar-refractivity contribution in [3.8, 4) is 0 Å². The highest BCUT2D eigenvalue weighted by atomic mass is 16.4. The van der Waals surface area contributed by atoms with Gasteiger partial charge in [0, 0.05) is 12.6 Å². The molecule has 3 nitrogen and oxygen atoms in total. The molecule has 0 heterocycles. The molecule has 0 saturated heterocycles. The van der Waals surface area contributed by atoms with E-state index >= 15 is 0 Å². The van der Waals surface area contributed by atoms with Crippen LogP contribution in [0.4, 0.5) is 0 Å². The summed E-state index contributed by atoms with van der Waals surface area (Å²) in [4.78, 5) is 10.6. The maximum atomic E-state index is 10.6. The molecule has 1 aliphatic rings. The Morgan fingerprint density at radius 3 is 2.33 bits per heavy atom. The molecule has 0 bridgehead atoms. The van der Waals surface area contributed by atoms with E-state index in [1.807, 2.05) is 24.3 Å². The van der Waals surface area contributed by atoms with Crippen LogP contribution in [0.2, 0.25) is 0 Å². The number of carbonyl (C=O) groups is 1. The third-order valence-electron chi connectivity index (χ3n) is 3.58. The Bertz CT molecular complexity index is 380. The lowest BCUT2D eigenvalue weighted by atomic mass is 9.95. The second-order valence-corrected chi connectivity index (χ2v) is 5.10. The van der Waals surface area contributed by atoms with Gasteiger partial charge in [0.1, 0.15) is 0 Å². The van der Waals surface area contributed by atoms with E-state index in [0.717, 1.165) is 12.1 Å². The van der Waals surface area contributed by atoms with Gasteiger partial charge in [-0.25, -0.2) is 0 Å². The molecule has 0 atom stereocenters. The predicted octanol–water partition coefficient (Wildman–Crippen LogP) is 2.74. The van der Waals surface area contributed by atoms with Crippen LogP contribution in [0.25, 0.3) is 0 Å². The summed E-state index contributed by atoms with van der Waals surface area (Å²) in [6.45, 7) is 0.887. The Morgan fingerprint density at radius 2 is 1.72 bits per heavy atom. The first-order chi connectivity index (χ1) is 8.74. The first kappa shape index (κ1) is 13.1. The van der Waals surface area contributed by atoms with E-state index < -0.39 is 5.97 Å². The van der Waals surface area contributed by atoms with E-state index in [2.05, 4.69) is 5.32 Å². The van der Waals surface area contributed by atoms with Crippen molar-refractivity contribution in [2.75, 3.05) is 0 Å².